The molecule has 1 fully saturated rings. The van der Waals surface area contributed by atoms with Gasteiger partial charge in [-0.2, -0.15) is 31.5 Å². The van der Waals surface area contributed by atoms with Crippen LogP contribution in [0.4, 0.5) is 38.1 Å². The molecule has 0 atom stereocenters. The number of aromatic nitrogens is 4. The third kappa shape index (κ3) is 7.46. The number of benzene rings is 1. The lowest BCUT2D eigenvalue weighted by Crippen LogP contribution is -2.51. The third-order valence-electron chi connectivity index (χ3n) is 5.97. The Morgan fingerprint density at radius 1 is 1.14 bits per heavy atom. The Morgan fingerprint density at radius 3 is 2.35 bits per heavy atom. The zero-order valence-electron chi connectivity index (χ0n) is 22.7. The summed E-state index contributed by atoms with van der Waals surface area (Å²) in [6.07, 6.45) is -5.27. The quantitative estimate of drug-likeness (QED) is 0.370. The summed E-state index contributed by atoms with van der Waals surface area (Å²) in [7, 11) is 0. The summed E-state index contributed by atoms with van der Waals surface area (Å²) in [6.45, 7) is 1.00. The number of carbonyl (C=O) groups excluding carboxylic acids is 2. The van der Waals surface area contributed by atoms with Crippen LogP contribution in [0.15, 0.2) is 27.7 Å². The Kier molecular flexibility index (Phi) is 9.10. The fourth-order valence-electron chi connectivity index (χ4n) is 4.18. The first-order chi connectivity index (χ1) is 19.9. The van der Waals surface area contributed by atoms with Gasteiger partial charge >= 0.3 is 24.4 Å². The summed E-state index contributed by atoms with van der Waals surface area (Å²) < 4.78 is 78.0. The van der Waals surface area contributed by atoms with Crippen molar-refractivity contribution in [2.24, 2.45) is 0 Å². The second-order valence-electron chi connectivity index (χ2n) is 10.2. The van der Waals surface area contributed by atoms with E-state index in [1.165, 1.54) is 9.80 Å². The van der Waals surface area contributed by atoms with E-state index >= 15 is 0 Å². The lowest BCUT2D eigenvalue weighted by molar-refractivity contribution is -0.137. The largest absolute Gasteiger partial charge is 0.444 e. The number of hydrogen-bond donors (Lipinski definition) is 1. The fraction of sp³-hybridized carbons (Fsp3) is 0.458. The van der Waals surface area contributed by atoms with E-state index in [1.54, 1.807) is 20.8 Å². The molecule has 43 heavy (non-hydrogen) atoms. The van der Waals surface area contributed by atoms with Gasteiger partial charge in [0, 0.05) is 26.2 Å². The van der Waals surface area contributed by atoms with Gasteiger partial charge in [-0.1, -0.05) is 11.6 Å². The van der Waals surface area contributed by atoms with E-state index in [4.69, 9.17) is 21.1 Å². The third-order valence-corrected chi connectivity index (χ3v) is 6.62. The number of alkyl halides is 5. The maximum atomic E-state index is 13.7. The lowest BCUT2D eigenvalue weighted by Gasteiger charge is -2.37. The SMILES string of the molecule is CC(C)(C)OC(=O)N1CCN(c2c(OC(F)F)n(CC(=O)Nc3ccc(C(F)(F)F)cc3Cl)c3nc(Br)nn3c2=O)CC1. The Labute approximate surface area is 253 Å². The van der Waals surface area contributed by atoms with Crippen LogP contribution < -0.4 is 20.5 Å². The average Bonchev–Trinajstić information content (AvgIpc) is 3.28. The summed E-state index contributed by atoms with van der Waals surface area (Å²) >= 11 is 8.96. The van der Waals surface area contributed by atoms with Gasteiger partial charge in [-0.15, -0.1) is 5.10 Å². The minimum Gasteiger partial charge on any atom is -0.444 e. The van der Waals surface area contributed by atoms with Crippen LogP contribution in [0.1, 0.15) is 26.3 Å². The first-order valence-electron chi connectivity index (χ1n) is 12.5. The summed E-state index contributed by atoms with van der Waals surface area (Å²) in [5.74, 6) is -1.99. The number of rotatable bonds is 6. The highest BCUT2D eigenvalue weighted by atomic mass is 79.9. The molecule has 2 amide bonds. The molecule has 1 aliphatic heterocycles. The fourth-order valence-corrected chi connectivity index (χ4v) is 4.73. The molecule has 3 heterocycles. The van der Waals surface area contributed by atoms with Crippen molar-refractivity contribution < 1.29 is 41.0 Å². The Morgan fingerprint density at radius 2 is 1.79 bits per heavy atom. The van der Waals surface area contributed by atoms with Gasteiger partial charge in [0.25, 0.3) is 0 Å². The molecule has 1 aromatic carbocycles. The molecule has 19 heteroatoms. The van der Waals surface area contributed by atoms with Gasteiger partial charge in [0.1, 0.15) is 12.1 Å². The number of carbonyl (C=O) groups is 2. The number of amides is 2. The van der Waals surface area contributed by atoms with Crippen LogP contribution >= 0.6 is 27.5 Å². The van der Waals surface area contributed by atoms with E-state index in [0.717, 1.165) is 15.1 Å². The molecular weight excluding hydrogens is 677 g/mol. The van der Waals surface area contributed by atoms with Crippen molar-refractivity contribution in [3.8, 4) is 5.88 Å². The second kappa shape index (κ2) is 12.1. The Hall–Kier alpha value is -3.67. The highest BCUT2D eigenvalue weighted by Crippen LogP contribution is 2.34. The molecule has 12 nitrogen and oxygen atoms in total. The van der Waals surface area contributed by atoms with Crippen LogP contribution in [0.5, 0.6) is 5.88 Å². The molecule has 0 radical (unpaired) electrons. The molecular formula is C24H24BrClF5N7O5. The van der Waals surface area contributed by atoms with Crippen LogP contribution in [-0.4, -0.2) is 74.5 Å². The highest BCUT2D eigenvalue weighted by Gasteiger charge is 2.33. The second-order valence-corrected chi connectivity index (χ2v) is 11.3. The van der Waals surface area contributed by atoms with Crippen LogP contribution in [0.25, 0.3) is 5.78 Å². The van der Waals surface area contributed by atoms with Crippen molar-refractivity contribution >= 4 is 56.7 Å². The van der Waals surface area contributed by atoms with Crippen LogP contribution in [0.2, 0.25) is 5.02 Å². The first-order valence-corrected chi connectivity index (χ1v) is 13.6. The Bertz CT molecular complexity index is 1600. The topological polar surface area (TPSA) is 123 Å². The maximum Gasteiger partial charge on any atom is 0.416 e. The minimum absolute atomic E-state index is 0.00279. The minimum atomic E-state index is -4.68. The van der Waals surface area contributed by atoms with Gasteiger partial charge in [-0.05, 0) is 54.9 Å². The molecule has 4 rings (SSSR count). The average molecular weight is 701 g/mol. The molecule has 0 saturated carbocycles. The molecule has 1 N–H and O–H groups in total. The molecule has 0 spiro atoms. The molecule has 3 aromatic rings. The molecule has 0 aliphatic carbocycles. The number of nitrogens with zero attached hydrogens (tertiary/aromatic N) is 6. The molecule has 234 valence electrons. The predicted molar refractivity (Wildman–Crippen MR) is 147 cm³/mol. The number of hydrogen-bond acceptors (Lipinski definition) is 8. The van der Waals surface area contributed by atoms with E-state index in [9.17, 15) is 36.3 Å². The summed E-state index contributed by atoms with van der Waals surface area (Å²) in [6, 6.07) is 2.25. The van der Waals surface area contributed by atoms with E-state index in [2.05, 4.69) is 31.3 Å². The lowest BCUT2D eigenvalue weighted by atomic mass is 10.2. The predicted octanol–water partition coefficient (Wildman–Crippen LogP) is 4.62. The van der Waals surface area contributed by atoms with Crippen molar-refractivity contribution in [2.75, 3.05) is 36.4 Å². The van der Waals surface area contributed by atoms with Gasteiger partial charge < -0.3 is 24.6 Å². The van der Waals surface area contributed by atoms with E-state index in [-0.39, 0.29) is 48.1 Å². The molecule has 1 aliphatic rings. The van der Waals surface area contributed by atoms with Crippen LogP contribution in [0.3, 0.4) is 0 Å². The number of ether oxygens (including phenoxy) is 2. The number of halogens is 7. The van der Waals surface area contributed by atoms with Crippen molar-refractivity contribution in [3.63, 3.8) is 0 Å². The number of anilines is 2. The highest BCUT2D eigenvalue weighted by molar-refractivity contribution is 9.10. The number of piperazine rings is 1. The molecule has 0 unspecified atom stereocenters. The number of fused-ring (bicyclic) bond motifs is 1. The summed E-state index contributed by atoms with van der Waals surface area (Å²) in [5, 5.41) is 5.84. The maximum absolute atomic E-state index is 13.7. The summed E-state index contributed by atoms with van der Waals surface area (Å²) in [5.41, 5.74) is -3.26. The normalized spacial score (nSPS) is 14.4. The molecule has 2 aromatic heterocycles. The molecule has 1 saturated heterocycles. The summed E-state index contributed by atoms with van der Waals surface area (Å²) in [4.78, 5) is 45.8. The molecule has 0 bridgehead atoms. The zero-order chi connectivity index (χ0) is 31.9. The monoisotopic (exact) mass is 699 g/mol. The standard InChI is InChI=1S/C24H24BrClF5N7O5/c1-23(2,3)43-22(41)36-8-6-35(7-9-36)16-17(40)38-21(33-19(25)34-38)37(18(16)42-20(27)28)11-15(39)32-14-5-4-12(10-13(14)26)24(29,30)31/h4-5,10,20H,6-9,11H2,1-3H3,(H,32,39). The van der Waals surface area contributed by atoms with Crippen molar-refractivity contribution in [1.29, 1.82) is 0 Å². The van der Waals surface area contributed by atoms with E-state index in [0.29, 0.717) is 12.1 Å². The van der Waals surface area contributed by atoms with Crippen LogP contribution in [-0.2, 0) is 22.3 Å². The van der Waals surface area contributed by atoms with Crippen LogP contribution in [0, 0.1) is 0 Å². The van der Waals surface area contributed by atoms with Gasteiger partial charge in [-0.3, -0.25) is 14.2 Å². The zero-order valence-corrected chi connectivity index (χ0v) is 25.1. The van der Waals surface area contributed by atoms with Crippen molar-refractivity contribution in [3.05, 3.63) is 43.9 Å². The van der Waals surface area contributed by atoms with Gasteiger partial charge in [0.05, 0.1) is 16.3 Å². The van der Waals surface area contributed by atoms with Gasteiger partial charge in [0.15, 0.2) is 5.69 Å². The van der Waals surface area contributed by atoms with Crippen molar-refractivity contribution in [2.45, 2.75) is 45.7 Å². The van der Waals surface area contributed by atoms with E-state index < -0.39 is 59.0 Å². The van der Waals surface area contributed by atoms with Gasteiger partial charge in [-0.25, -0.2) is 4.79 Å². The van der Waals surface area contributed by atoms with E-state index in [1.807, 2.05) is 0 Å². The van der Waals surface area contributed by atoms with Crippen molar-refractivity contribution in [1.82, 2.24) is 24.1 Å². The number of nitrogens with one attached hydrogen (secondary N) is 1. The Balaban J connectivity index is 1.69. The van der Waals surface area contributed by atoms with Gasteiger partial charge in [0.2, 0.25) is 22.3 Å². The smallest absolute Gasteiger partial charge is 0.416 e. The first kappa shape index (κ1) is 32.2.